The summed E-state index contributed by atoms with van der Waals surface area (Å²) in [5, 5.41) is 0.315. The van der Waals surface area contributed by atoms with E-state index in [1.54, 1.807) is 0 Å². The maximum Gasteiger partial charge on any atom is 0.246 e. The normalized spacial score (nSPS) is 12.3. The highest BCUT2D eigenvalue weighted by molar-refractivity contribution is 7.89. The number of halogens is 2. The lowest BCUT2D eigenvalue weighted by atomic mass is 10.2. The van der Waals surface area contributed by atoms with Crippen molar-refractivity contribution in [3.63, 3.8) is 0 Å². The molecule has 0 spiro atoms. The molecule has 8 heteroatoms. The van der Waals surface area contributed by atoms with Crippen LogP contribution in [-0.4, -0.2) is 39.5 Å². The van der Waals surface area contributed by atoms with Crippen LogP contribution in [0.25, 0.3) is 0 Å². The van der Waals surface area contributed by atoms with Crippen LogP contribution in [0.4, 0.5) is 5.69 Å². The van der Waals surface area contributed by atoms with Crippen molar-refractivity contribution in [3.8, 4) is 0 Å². The lowest BCUT2D eigenvalue weighted by molar-refractivity contribution is 0.175. The largest absolute Gasteiger partial charge is 0.398 e. The van der Waals surface area contributed by atoms with Crippen LogP contribution >= 0.6 is 23.2 Å². The topological polar surface area (TPSA) is 72.6 Å². The van der Waals surface area contributed by atoms with Crippen LogP contribution in [0.1, 0.15) is 13.8 Å². The molecular formula is C13H20Cl2N2O3S. The van der Waals surface area contributed by atoms with Gasteiger partial charge in [-0.1, -0.05) is 37.0 Å². The number of benzene rings is 1. The van der Waals surface area contributed by atoms with E-state index in [-0.39, 0.29) is 34.7 Å². The molecular weight excluding hydrogens is 335 g/mol. The van der Waals surface area contributed by atoms with Gasteiger partial charge in [-0.15, -0.1) is 0 Å². The summed E-state index contributed by atoms with van der Waals surface area (Å²) in [6, 6.07) is 2.75. The van der Waals surface area contributed by atoms with Gasteiger partial charge in [-0.3, -0.25) is 0 Å². The molecule has 0 fully saturated rings. The molecule has 0 amide bonds. The predicted molar refractivity (Wildman–Crippen MR) is 86.3 cm³/mol. The second-order valence-corrected chi connectivity index (χ2v) is 7.77. The van der Waals surface area contributed by atoms with E-state index in [0.29, 0.717) is 11.6 Å². The van der Waals surface area contributed by atoms with Gasteiger partial charge in [-0.25, -0.2) is 8.42 Å². The van der Waals surface area contributed by atoms with Gasteiger partial charge in [0.1, 0.15) is 4.90 Å². The minimum absolute atomic E-state index is 0.0196. The van der Waals surface area contributed by atoms with E-state index in [4.69, 9.17) is 33.7 Å². The van der Waals surface area contributed by atoms with Gasteiger partial charge < -0.3 is 10.5 Å². The van der Waals surface area contributed by atoms with Crippen LogP contribution < -0.4 is 5.73 Å². The predicted octanol–water partition coefficient (Wildman–Crippen LogP) is 2.87. The fraction of sp³-hybridized carbons (Fsp3) is 0.538. The van der Waals surface area contributed by atoms with Crippen LogP contribution in [0.3, 0.4) is 0 Å². The van der Waals surface area contributed by atoms with Crippen LogP contribution in [0, 0.1) is 5.92 Å². The molecule has 0 bridgehead atoms. The standard InChI is InChI=1S/C13H20Cl2N2O3S/c1-9(2)8-17(4-5-20-3)21(18,19)13-11(15)6-10(14)7-12(13)16/h6-7,9H,4-5,8,16H2,1-3H3. The highest BCUT2D eigenvalue weighted by atomic mass is 35.5. The van der Waals surface area contributed by atoms with Gasteiger partial charge >= 0.3 is 0 Å². The van der Waals surface area contributed by atoms with Crippen molar-refractivity contribution in [3.05, 3.63) is 22.2 Å². The average Bonchev–Trinajstić information content (AvgIpc) is 2.32. The van der Waals surface area contributed by atoms with Gasteiger partial charge in [-0.2, -0.15) is 4.31 Å². The summed E-state index contributed by atoms with van der Waals surface area (Å²) in [4.78, 5) is -0.106. The zero-order chi connectivity index (χ0) is 16.2. The lowest BCUT2D eigenvalue weighted by Gasteiger charge is -2.25. The summed E-state index contributed by atoms with van der Waals surface area (Å²) in [5.41, 5.74) is 5.84. The molecule has 120 valence electrons. The Bertz CT molecular complexity index is 568. The Labute approximate surface area is 136 Å². The third kappa shape index (κ3) is 4.72. The van der Waals surface area contributed by atoms with Gasteiger partial charge in [0.05, 0.1) is 17.3 Å². The first-order chi connectivity index (χ1) is 9.70. The molecule has 1 aromatic carbocycles. The fourth-order valence-corrected chi connectivity index (χ4v) is 4.42. The van der Waals surface area contributed by atoms with Crippen molar-refractivity contribution in [2.45, 2.75) is 18.7 Å². The third-order valence-corrected chi connectivity index (χ3v) is 5.36. The molecule has 0 saturated heterocycles. The summed E-state index contributed by atoms with van der Waals surface area (Å²) < 4.78 is 31.9. The minimum Gasteiger partial charge on any atom is -0.398 e. The van der Waals surface area contributed by atoms with Crippen molar-refractivity contribution in [1.29, 1.82) is 0 Å². The number of ether oxygens (including phenoxy) is 1. The molecule has 0 aliphatic heterocycles. The Morgan fingerprint density at radius 3 is 2.43 bits per heavy atom. The average molecular weight is 355 g/mol. The van der Waals surface area contributed by atoms with Crippen LogP contribution in [0.5, 0.6) is 0 Å². The molecule has 21 heavy (non-hydrogen) atoms. The van der Waals surface area contributed by atoms with E-state index < -0.39 is 10.0 Å². The molecule has 0 aliphatic carbocycles. The Hall–Kier alpha value is -0.530. The Morgan fingerprint density at radius 2 is 1.95 bits per heavy atom. The van der Waals surface area contributed by atoms with Crippen LogP contribution in [0.2, 0.25) is 10.0 Å². The molecule has 2 N–H and O–H groups in total. The number of anilines is 1. The molecule has 0 aromatic heterocycles. The summed E-state index contributed by atoms with van der Waals surface area (Å²) in [5.74, 6) is 0.156. The summed E-state index contributed by atoms with van der Waals surface area (Å²) in [6.07, 6.45) is 0. The SMILES string of the molecule is COCCN(CC(C)C)S(=O)(=O)c1c(N)cc(Cl)cc1Cl. The van der Waals surface area contributed by atoms with Gasteiger partial charge in [-0.05, 0) is 18.1 Å². The van der Waals surface area contributed by atoms with Gasteiger partial charge in [0.15, 0.2) is 0 Å². The first-order valence-corrected chi connectivity index (χ1v) is 8.63. The second kappa shape index (κ2) is 7.65. The number of nitrogens with two attached hydrogens (primary N) is 1. The maximum atomic E-state index is 12.8. The van der Waals surface area contributed by atoms with Gasteiger partial charge in [0.25, 0.3) is 0 Å². The summed E-state index contributed by atoms with van der Waals surface area (Å²) in [6.45, 7) is 4.74. The highest BCUT2D eigenvalue weighted by Crippen LogP contribution is 2.33. The van der Waals surface area contributed by atoms with Gasteiger partial charge in [0.2, 0.25) is 10.0 Å². The van der Waals surface area contributed by atoms with Crippen molar-refractivity contribution < 1.29 is 13.2 Å². The summed E-state index contributed by atoms with van der Waals surface area (Å²) in [7, 11) is -2.29. The zero-order valence-electron chi connectivity index (χ0n) is 12.3. The molecule has 0 saturated carbocycles. The molecule has 0 unspecified atom stereocenters. The Kier molecular flexibility index (Phi) is 6.74. The molecule has 1 rings (SSSR count). The van der Waals surface area contributed by atoms with Crippen LogP contribution in [0.15, 0.2) is 17.0 Å². The van der Waals surface area contributed by atoms with E-state index in [0.717, 1.165) is 0 Å². The van der Waals surface area contributed by atoms with Crippen LogP contribution in [-0.2, 0) is 14.8 Å². The maximum absolute atomic E-state index is 12.8. The number of sulfonamides is 1. The first-order valence-electron chi connectivity index (χ1n) is 6.43. The smallest absolute Gasteiger partial charge is 0.246 e. The van der Waals surface area contributed by atoms with Crippen molar-refractivity contribution in [2.24, 2.45) is 5.92 Å². The van der Waals surface area contributed by atoms with E-state index in [1.807, 2.05) is 13.8 Å². The number of methoxy groups -OCH3 is 1. The van der Waals surface area contributed by atoms with E-state index in [1.165, 1.54) is 23.5 Å². The molecule has 1 aromatic rings. The van der Waals surface area contributed by atoms with E-state index >= 15 is 0 Å². The highest BCUT2D eigenvalue weighted by Gasteiger charge is 2.29. The van der Waals surface area contributed by atoms with E-state index in [2.05, 4.69) is 0 Å². The van der Waals surface area contributed by atoms with Crippen molar-refractivity contribution >= 4 is 38.9 Å². The number of nitrogens with zero attached hydrogens (tertiary/aromatic N) is 1. The fourth-order valence-electron chi connectivity index (χ4n) is 1.89. The Morgan fingerprint density at radius 1 is 1.33 bits per heavy atom. The number of hydrogen-bond acceptors (Lipinski definition) is 4. The van der Waals surface area contributed by atoms with Crippen molar-refractivity contribution in [1.82, 2.24) is 4.31 Å². The zero-order valence-corrected chi connectivity index (χ0v) is 14.6. The molecule has 0 radical (unpaired) electrons. The lowest BCUT2D eigenvalue weighted by Crippen LogP contribution is -2.37. The Balaban J connectivity index is 3.28. The second-order valence-electron chi connectivity index (χ2n) is 5.06. The third-order valence-electron chi connectivity index (χ3n) is 2.75. The molecule has 0 heterocycles. The number of hydrogen-bond donors (Lipinski definition) is 1. The van der Waals surface area contributed by atoms with Gasteiger partial charge in [0, 0.05) is 25.2 Å². The number of nitrogen functional groups attached to an aromatic ring is 1. The minimum atomic E-state index is -3.81. The monoisotopic (exact) mass is 354 g/mol. The molecule has 0 atom stereocenters. The quantitative estimate of drug-likeness (QED) is 0.764. The van der Waals surface area contributed by atoms with E-state index in [9.17, 15) is 8.42 Å². The van der Waals surface area contributed by atoms with Crippen molar-refractivity contribution in [2.75, 3.05) is 32.5 Å². The number of rotatable bonds is 7. The molecule has 0 aliphatic rings. The molecule has 5 nitrogen and oxygen atoms in total. The summed E-state index contributed by atoms with van der Waals surface area (Å²) >= 11 is 11.9. The first kappa shape index (κ1) is 18.5.